The minimum atomic E-state index is -0.0712. The Kier molecular flexibility index (Phi) is 7.11. The molecule has 2 aliphatic heterocycles. The number of hydrogen-bond donors (Lipinski definition) is 1. The van der Waals surface area contributed by atoms with Crippen molar-refractivity contribution in [3.63, 3.8) is 0 Å². The van der Waals surface area contributed by atoms with Crippen LogP contribution < -0.4 is 15.0 Å². The molecule has 8 heteroatoms. The van der Waals surface area contributed by atoms with Crippen molar-refractivity contribution in [1.82, 2.24) is 15.1 Å². The summed E-state index contributed by atoms with van der Waals surface area (Å²) in [5.41, 5.74) is 2.72. The van der Waals surface area contributed by atoms with Gasteiger partial charge in [-0.25, -0.2) is 0 Å². The molecule has 2 aliphatic rings. The zero-order valence-electron chi connectivity index (χ0n) is 20.5. The van der Waals surface area contributed by atoms with Crippen LogP contribution in [0.2, 0.25) is 0 Å². The van der Waals surface area contributed by atoms with Gasteiger partial charge in [0.25, 0.3) is 5.91 Å². The summed E-state index contributed by atoms with van der Waals surface area (Å²) in [6, 6.07) is 19.3. The molecule has 0 spiro atoms. The molecule has 36 heavy (non-hydrogen) atoms. The third-order valence-electron chi connectivity index (χ3n) is 7.19. The van der Waals surface area contributed by atoms with Crippen LogP contribution in [0.1, 0.15) is 41.1 Å². The number of carbonyl (C=O) groups excluding carboxylic acids is 2. The average molecular weight is 486 g/mol. The molecule has 2 aromatic carbocycles. The predicted octanol–water partition coefficient (Wildman–Crippen LogP) is 3.97. The Labute approximate surface area is 211 Å². The fraction of sp³-hybridized carbons (Fsp3) is 0.357. The first-order chi connectivity index (χ1) is 17.6. The van der Waals surface area contributed by atoms with Crippen molar-refractivity contribution in [2.24, 2.45) is 5.92 Å². The van der Waals surface area contributed by atoms with Crippen LogP contribution in [0.4, 0.5) is 11.5 Å². The van der Waals surface area contributed by atoms with Crippen LogP contribution >= 0.6 is 0 Å². The maximum Gasteiger partial charge on any atom is 0.253 e. The number of nitrogens with one attached hydrogen (secondary N) is 1. The number of amides is 2. The van der Waals surface area contributed by atoms with E-state index in [4.69, 9.17) is 4.74 Å². The maximum atomic E-state index is 12.9. The van der Waals surface area contributed by atoms with Gasteiger partial charge in [0, 0.05) is 43.6 Å². The van der Waals surface area contributed by atoms with Gasteiger partial charge in [-0.05, 0) is 73.2 Å². The van der Waals surface area contributed by atoms with Crippen molar-refractivity contribution in [1.29, 1.82) is 0 Å². The van der Waals surface area contributed by atoms with E-state index in [1.807, 2.05) is 47.4 Å². The van der Waals surface area contributed by atoms with Gasteiger partial charge in [-0.1, -0.05) is 18.2 Å². The highest BCUT2D eigenvalue weighted by Crippen LogP contribution is 2.30. The van der Waals surface area contributed by atoms with Gasteiger partial charge in [0.15, 0.2) is 5.82 Å². The Morgan fingerprint density at radius 1 is 0.972 bits per heavy atom. The number of methoxy groups -OCH3 is 1. The van der Waals surface area contributed by atoms with E-state index in [1.54, 1.807) is 19.4 Å². The number of piperidine rings is 1. The zero-order chi connectivity index (χ0) is 24.9. The van der Waals surface area contributed by atoms with Crippen LogP contribution in [-0.2, 0) is 4.79 Å². The van der Waals surface area contributed by atoms with Crippen molar-refractivity contribution in [2.45, 2.75) is 25.2 Å². The van der Waals surface area contributed by atoms with E-state index in [0.717, 1.165) is 50.4 Å². The van der Waals surface area contributed by atoms with Crippen LogP contribution in [0.5, 0.6) is 5.75 Å². The van der Waals surface area contributed by atoms with E-state index in [1.165, 1.54) is 5.56 Å². The molecule has 2 amide bonds. The van der Waals surface area contributed by atoms with E-state index < -0.39 is 0 Å². The lowest BCUT2D eigenvalue weighted by molar-refractivity contribution is -0.119. The molecule has 2 saturated heterocycles. The number of likely N-dealkylation sites (tertiary alicyclic amines) is 1. The quantitative estimate of drug-likeness (QED) is 0.569. The molecular formula is C28H31N5O3. The van der Waals surface area contributed by atoms with Gasteiger partial charge >= 0.3 is 0 Å². The molecule has 0 unspecified atom stereocenters. The Balaban J connectivity index is 1.12. The molecule has 3 heterocycles. The highest BCUT2D eigenvalue weighted by Gasteiger charge is 2.29. The molecule has 0 saturated carbocycles. The van der Waals surface area contributed by atoms with Crippen molar-refractivity contribution >= 4 is 23.3 Å². The largest absolute Gasteiger partial charge is 0.497 e. The zero-order valence-corrected chi connectivity index (χ0v) is 20.5. The summed E-state index contributed by atoms with van der Waals surface area (Å²) < 4.78 is 5.25. The maximum absolute atomic E-state index is 12.9. The molecule has 1 N–H and O–H groups in total. The smallest absolute Gasteiger partial charge is 0.253 e. The number of nitrogens with zero attached hydrogens (tertiary/aromatic N) is 4. The first-order valence-corrected chi connectivity index (χ1v) is 12.5. The summed E-state index contributed by atoms with van der Waals surface area (Å²) in [7, 11) is 1.61. The van der Waals surface area contributed by atoms with Gasteiger partial charge in [-0.3, -0.25) is 9.59 Å². The number of aromatic nitrogens is 2. The second-order valence-corrected chi connectivity index (χ2v) is 9.42. The standard InChI is InChI=1S/C28H31N5O3/c1-36-25-5-2-4-22(18-25)28(35)32-15-11-21(12-16-32)20-7-9-24(10-8-20)30-27(34)23-13-17-33(19-23)26-6-3-14-29-31-26/h2-10,14,18,21,23H,11-13,15-17,19H2,1H3,(H,30,34)/t23-/m0/s1. The first-order valence-electron chi connectivity index (χ1n) is 12.5. The third-order valence-corrected chi connectivity index (χ3v) is 7.19. The fourth-order valence-electron chi connectivity index (χ4n) is 5.08. The lowest BCUT2D eigenvalue weighted by Gasteiger charge is -2.32. The van der Waals surface area contributed by atoms with E-state index >= 15 is 0 Å². The van der Waals surface area contributed by atoms with Gasteiger partial charge in [-0.15, -0.1) is 5.10 Å². The topological polar surface area (TPSA) is 87.7 Å². The van der Waals surface area contributed by atoms with Gasteiger partial charge < -0.3 is 19.9 Å². The molecule has 0 radical (unpaired) electrons. The molecule has 3 aromatic rings. The van der Waals surface area contributed by atoms with Gasteiger partial charge in [0.1, 0.15) is 5.75 Å². The highest BCUT2D eigenvalue weighted by molar-refractivity contribution is 5.95. The molecule has 1 atom stereocenters. The molecule has 5 rings (SSSR count). The SMILES string of the molecule is COc1cccc(C(=O)N2CCC(c3ccc(NC(=O)[C@H]4CCN(c5cccnn5)C4)cc3)CC2)c1. The Morgan fingerprint density at radius 3 is 2.50 bits per heavy atom. The normalized spacial score (nSPS) is 18.2. The Hall–Kier alpha value is -3.94. The summed E-state index contributed by atoms with van der Waals surface area (Å²) in [6.45, 7) is 2.90. The van der Waals surface area contributed by atoms with Crippen molar-refractivity contribution in [3.05, 3.63) is 78.0 Å². The lowest BCUT2D eigenvalue weighted by atomic mass is 9.89. The molecule has 186 valence electrons. The molecule has 2 fully saturated rings. The van der Waals surface area contributed by atoms with Gasteiger partial charge in [-0.2, -0.15) is 5.10 Å². The Bertz CT molecular complexity index is 1190. The molecule has 1 aromatic heterocycles. The minimum absolute atomic E-state index is 0.0403. The van der Waals surface area contributed by atoms with Crippen molar-refractivity contribution in [3.8, 4) is 5.75 Å². The first kappa shape index (κ1) is 23.8. The molecular weight excluding hydrogens is 454 g/mol. The summed E-state index contributed by atoms with van der Waals surface area (Å²) in [5, 5.41) is 11.1. The number of hydrogen-bond acceptors (Lipinski definition) is 6. The lowest BCUT2D eigenvalue weighted by Crippen LogP contribution is -2.37. The summed E-state index contributed by atoms with van der Waals surface area (Å²) >= 11 is 0. The van der Waals surface area contributed by atoms with E-state index in [0.29, 0.717) is 23.8 Å². The number of carbonyl (C=O) groups is 2. The number of benzene rings is 2. The van der Waals surface area contributed by atoms with E-state index in [2.05, 4.69) is 32.5 Å². The summed E-state index contributed by atoms with van der Waals surface area (Å²) in [5.74, 6) is 1.93. The second kappa shape index (κ2) is 10.8. The highest BCUT2D eigenvalue weighted by atomic mass is 16.5. The third kappa shape index (κ3) is 5.32. The molecule has 0 bridgehead atoms. The fourth-order valence-corrected chi connectivity index (χ4v) is 5.08. The number of ether oxygens (including phenoxy) is 1. The summed E-state index contributed by atoms with van der Waals surface area (Å²) in [6.07, 6.45) is 4.29. The van der Waals surface area contributed by atoms with Crippen molar-refractivity contribution < 1.29 is 14.3 Å². The van der Waals surface area contributed by atoms with Crippen LogP contribution in [0.15, 0.2) is 66.9 Å². The van der Waals surface area contributed by atoms with E-state index in [-0.39, 0.29) is 17.7 Å². The summed E-state index contributed by atoms with van der Waals surface area (Å²) in [4.78, 5) is 29.7. The van der Waals surface area contributed by atoms with E-state index in [9.17, 15) is 9.59 Å². The molecule has 0 aliphatic carbocycles. The average Bonchev–Trinajstić information content (AvgIpc) is 3.44. The Morgan fingerprint density at radius 2 is 1.78 bits per heavy atom. The van der Waals surface area contributed by atoms with Gasteiger partial charge in [0.05, 0.1) is 13.0 Å². The van der Waals surface area contributed by atoms with Gasteiger partial charge in [0.2, 0.25) is 5.91 Å². The van der Waals surface area contributed by atoms with Crippen LogP contribution in [0, 0.1) is 5.92 Å². The second-order valence-electron chi connectivity index (χ2n) is 9.42. The molecule has 8 nitrogen and oxygen atoms in total. The number of rotatable bonds is 6. The monoisotopic (exact) mass is 485 g/mol. The van der Waals surface area contributed by atoms with Crippen LogP contribution in [0.3, 0.4) is 0 Å². The van der Waals surface area contributed by atoms with Crippen LogP contribution in [-0.4, -0.2) is 60.2 Å². The number of anilines is 2. The van der Waals surface area contributed by atoms with Crippen molar-refractivity contribution in [2.75, 3.05) is 43.5 Å². The predicted molar refractivity (Wildman–Crippen MR) is 138 cm³/mol. The minimum Gasteiger partial charge on any atom is -0.497 e. The van der Waals surface area contributed by atoms with Crippen LogP contribution in [0.25, 0.3) is 0 Å².